The number of aryl methyl sites for hydroxylation is 1. The second kappa shape index (κ2) is 5.13. The Kier molecular flexibility index (Phi) is 3.71. The Morgan fingerprint density at radius 2 is 2.26 bits per heavy atom. The molecule has 0 aliphatic rings. The number of esters is 1. The summed E-state index contributed by atoms with van der Waals surface area (Å²) in [6, 6.07) is 2.51. The van der Waals surface area contributed by atoms with Crippen LogP contribution in [-0.2, 0) is 9.53 Å². The number of hydrogen-bond acceptors (Lipinski definition) is 3. The van der Waals surface area contributed by atoms with Crippen molar-refractivity contribution in [1.29, 1.82) is 0 Å². The van der Waals surface area contributed by atoms with Gasteiger partial charge in [0.1, 0.15) is 11.9 Å². The number of fused-ring (bicyclic) bond motifs is 1. The van der Waals surface area contributed by atoms with E-state index in [4.69, 9.17) is 17.0 Å². The molecule has 0 amide bonds. The van der Waals surface area contributed by atoms with Crippen LogP contribution in [0.5, 0.6) is 0 Å². The minimum Gasteiger partial charge on any atom is -0.464 e. The first kappa shape index (κ1) is 13.7. The number of carbonyl (C=O) groups is 1. The third kappa shape index (κ3) is 2.40. The number of nitrogens with one attached hydrogen (secondary N) is 1. The Morgan fingerprint density at radius 3 is 2.89 bits per heavy atom. The van der Waals surface area contributed by atoms with Crippen molar-refractivity contribution < 1.29 is 13.9 Å². The van der Waals surface area contributed by atoms with E-state index in [2.05, 4.69) is 4.98 Å². The van der Waals surface area contributed by atoms with Crippen LogP contribution in [0.25, 0.3) is 11.0 Å². The zero-order chi connectivity index (χ0) is 14.2. The van der Waals surface area contributed by atoms with E-state index in [1.807, 2.05) is 0 Å². The highest BCUT2D eigenvalue weighted by Gasteiger charge is 2.20. The fourth-order valence-electron chi connectivity index (χ4n) is 2.00. The minimum absolute atomic E-state index is 0.306. The van der Waals surface area contributed by atoms with Crippen molar-refractivity contribution in [2.45, 2.75) is 26.8 Å². The molecule has 6 heteroatoms. The van der Waals surface area contributed by atoms with Crippen molar-refractivity contribution in [3.63, 3.8) is 0 Å². The second-order valence-corrected chi connectivity index (χ2v) is 4.73. The third-order valence-electron chi connectivity index (χ3n) is 3.01. The van der Waals surface area contributed by atoms with E-state index >= 15 is 0 Å². The Morgan fingerprint density at radius 1 is 1.58 bits per heavy atom. The lowest BCUT2D eigenvalue weighted by molar-refractivity contribution is -0.146. The van der Waals surface area contributed by atoms with Crippen molar-refractivity contribution in [1.82, 2.24) is 9.55 Å². The molecule has 19 heavy (non-hydrogen) atoms. The van der Waals surface area contributed by atoms with Gasteiger partial charge in [-0.15, -0.1) is 0 Å². The number of aromatic nitrogens is 2. The van der Waals surface area contributed by atoms with Crippen LogP contribution >= 0.6 is 12.2 Å². The van der Waals surface area contributed by atoms with Gasteiger partial charge in [-0.2, -0.15) is 0 Å². The summed E-state index contributed by atoms with van der Waals surface area (Å²) in [6.45, 7) is 5.44. The number of aromatic amines is 1. The van der Waals surface area contributed by atoms with E-state index < -0.39 is 6.04 Å². The van der Waals surface area contributed by atoms with Gasteiger partial charge in [-0.1, -0.05) is 0 Å². The van der Waals surface area contributed by atoms with Crippen LogP contribution in [0.4, 0.5) is 4.39 Å². The summed E-state index contributed by atoms with van der Waals surface area (Å²) in [5.41, 5.74) is 1.78. The van der Waals surface area contributed by atoms with Gasteiger partial charge in [-0.25, -0.2) is 9.18 Å². The van der Waals surface area contributed by atoms with E-state index in [9.17, 15) is 9.18 Å². The molecule has 0 radical (unpaired) electrons. The molecule has 0 fully saturated rings. The van der Waals surface area contributed by atoms with Crippen LogP contribution in [-0.4, -0.2) is 22.1 Å². The molecule has 1 aromatic heterocycles. The number of carbonyl (C=O) groups excluding carboxylic acids is 1. The van der Waals surface area contributed by atoms with E-state index in [1.165, 1.54) is 6.07 Å². The maximum Gasteiger partial charge on any atom is 0.328 e. The number of ether oxygens (including phenoxy) is 1. The number of halogens is 1. The first-order valence-corrected chi connectivity index (χ1v) is 6.43. The fourth-order valence-corrected chi connectivity index (χ4v) is 2.37. The first-order chi connectivity index (χ1) is 8.95. The summed E-state index contributed by atoms with van der Waals surface area (Å²) >= 11 is 5.20. The predicted octanol–water partition coefficient (Wildman–Crippen LogP) is 3.27. The van der Waals surface area contributed by atoms with Gasteiger partial charge in [-0.05, 0) is 50.7 Å². The van der Waals surface area contributed by atoms with Gasteiger partial charge in [0, 0.05) is 0 Å². The Hall–Kier alpha value is -1.69. The van der Waals surface area contributed by atoms with Crippen LogP contribution in [0, 0.1) is 17.5 Å². The molecular formula is C13H15FN2O2S. The lowest BCUT2D eigenvalue weighted by atomic mass is 10.2. The summed E-state index contributed by atoms with van der Waals surface area (Å²) in [4.78, 5) is 14.7. The van der Waals surface area contributed by atoms with Crippen LogP contribution in [0.1, 0.15) is 25.5 Å². The number of imidazole rings is 1. The maximum absolute atomic E-state index is 13.5. The summed E-state index contributed by atoms with van der Waals surface area (Å²) in [5, 5.41) is 0. The predicted molar refractivity (Wildman–Crippen MR) is 73.2 cm³/mol. The number of rotatable bonds is 3. The molecule has 1 aromatic carbocycles. The van der Waals surface area contributed by atoms with Gasteiger partial charge in [0.25, 0.3) is 0 Å². The lowest BCUT2D eigenvalue weighted by Crippen LogP contribution is -2.19. The van der Waals surface area contributed by atoms with Crippen LogP contribution in [0.15, 0.2) is 12.1 Å². The van der Waals surface area contributed by atoms with Crippen LogP contribution in [0.2, 0.25) is 0 Å². The molecule has 0 saturated carbocycles. The highest BCUT2D eigenvalue weighted by Crippen LogP contribution is 2.23. The minimum atomic E-state index is -0.550. The van der Waals surface area contributed by atoms with Gasteiger partial charge in [0.15, 0.2) is 4.77 Å². The zero-order valence-electron chi connectivity index (χ0n) is 11.0. The maximum atomic E-state index is 13.5. The molecule has 1 heterocycles. The van der Waals surface area contributed by atoms with Crippen molar-refractivity contribution in [3.8, 4) is 0 Å². The highest BCUT2D eigenvalue weighted by molar-refractivity contribution is 7.71. The van der Waals surface area contributed by atoms with Gasteiger partial charge < -0.3 is 14.3 Å². The SMILES string of the molecule is CCOC(=O)C(C)n1c(=S)[nH]c2cc(F)c(C)cc21. The topological polar surface area (TPSA) is 47.0 Å². The van der Waals surface area contributed by atoms with Crippen LogP contribution in [0.3, 0.4) is 0 Å². The third-order valence-corrected chi connectivity index (χ3v) is 3.31. The molecule has 2 rings (SSSR count). The van der Waals surface area contributed by atoms with Gasteiger partial charge >= 0.3 is 5.97 Å². The fraction of sp³-hybridized carbons (Fsp3) is 0.385. The Bertz CT molecular complexity index is 690. The van der Waals surface area contributed by atoms with Crippen molar-refractivity contribution in [3.05, 3.63) is 28.3 Å². The summed E-state index contributed by atoms with van der Waals surface area (Å²) < 4.78 is 20.5. The van der Waals surface area contributed by atoms with E-state index in [0.717, 1.165) is 0 Å². The Balaban J connectivity index is 2.60. The molecular weight excluding hydrogens is 267 g/mol. The smallest absolute Gasteiger partial charge is 0.328 e. The molecule has 0 spiro atoms. The van der Waals surface area contributed by atoms with Crippen molar-refractivity contribution in [2.24, 2.45) is 0 Å². The molecule has 0 saturated heterocycles. The molecule has 4 nitrogen and oxygen atoms in total. The summed E-state index contributed by atoms with van der Waals surface area (Å²) in [7, 11) is 0. The summed E-state index contributed by atoms with van der Waals surface area (Å²) in [6.07, 6.45) is 0. The average Bonchev–Trinajstić information content (AvgIpc) is 2.65. The largest absolute Gasteiger partial charge is 0.464 e. The molecule has 1 N–H and O–H groups in total. The molecule has 1 atom stereocenters. The monoisotopic (exact) mass is 282 g/mol. The molecule has 2 aromatic rings. The number of H-pyrrole nitrogens is 1. The number of nitrogens with zero attached hydrogens (tertiary/aromatic N) is 1. The van der Waals surface area contributed by atoms with E-state index in [1.54, 1.807) is 31.4 Å². The number of hydrogen-bond donors (Lipinski definition) is 1. The molecule has 0 aliphatic heterocycles. The molecule has 0 aliphatic carbocycles. The second-order valence-electron chi connectivity index (χ2n) is 4.35. The molecule has 0 bridgehead atoms. The quantitative estimate of drug-likeness (QED) is 0.694. The lowest BCUT2D eigenvalue weighted by Gasteiger charge is -2.13. The van der Waals surface area contributed by atoms with Gasteiger partial charge in [0.05, 0.1) is 17.6 Å². The van der Waals surface area contributed by atoms with Crippen molar-refractivity contribution >= 4 is 29.2 Å². The Labute approximate surface area is 115 Å². The zero-order valence-corrected chi connectivity index (χ0v) is 11.8. The first-order valence-electron chi connectivity index (χ1n) is 6.02. The summed E-state index contributed by atoms with van der Waals surface area (Å²) in [5.74, 6) is -0.666. The highest BCUT2D eigenvalue weighted by atomic mass is 32.1. The van der Waals surface area contributed by atoms with Crippen molar-refractivity contribution in [2.75, 3.05) is 6.61 Å². The van der Waals surface area contributed by atoms with E-state index in [0.29, 0.717) is 28.0 Å². The molecule has 102 valence electrons. The average molecular weight is 282 g/mol. The van der Waals surface area contributed by atoms with E-state index in [-0.39, 0.29) is 11.8 Å². The molecule has 1 unspecified atom stereocenters. The normalized spacial score (nSPS) is 12.6. The van der Waals surface area contributed by atoms with Crippen LogP contribution < -0.4 is 0 Å². The van der Waals surface area contributed by atoms with Gasteiger partial charge in [-0.3, -0.25) is 0 Å². The van der Waals surface area contributed by atoms with Gasteiger partial charge in [0.2, 0.25) is 0 Å². The number of benzene rings is 1. The standard InChI is InChI=1S/C13H15FN2O2S/c1-4-18-12(17)8(3)16-11-5-7(2)9(14)6-10(11)15-13(16)19/h5-6,8H,4H2,1-3H3,(H,15,19).